The van der Waals surface area contributed by atoms with Crippen molar-refractivity contribution < 1.29 is 27.2 Å². The molecule has 1 heterocycles. The van der Waals surface area contributed by atoms with E-state index in [2.05, 4.69) is 0 Å². The minimum absolute atomic E-state index is 0.131. The highest BCUT2D eigenvalue weighted by molar-refractivity contribution is 6.52. The van der Waals surface area contributed by atoms with E-state index in [-0.39, 0.29) is 10.5 Å². The summed E-state index contributed by atoms with van der Waals surface area (Å²) in [6, 6.07) is 2.18. The van der Waals surface area contributed by atoms with Crippen LogP contribution in [0.15, 0.2) is 12.1 Å². The van der Waals surface area contributed by atoms with Crippen LogP contribution in [-0.4, -0.2) is 24.4 Å². The smallest absolute Gasteiger partial charge is 0.293 e. The normalized spacial score (nSPS) is 15.3. The predicted octanol–water partition coefficient (Wildman–Crippen LogP) is 2.23. The average molecular weight is 261 g/mol. The van der Waals surface area contributed by atoms with E-state index in [1.807, 2.05) is 0 Å². The number of Topliss-reactive ketones (excluding diaryl/α,β-unsaturated/α-hetero) is 1. The maximum absolute atomic E-state index is 13.6. The summed E-state index contributed by atoms with van der Waals surface area (Å²) in [5.41, 5.74) is -0.545. The Morgan fingerprint density at radius 3 is 2.39 bits per heavy atom. The van der Waals surface area contributed by atoms with Crippen molar-refractivity contribution in [3.05, 3.63) is 29.1 Å². The van der Waals surface area contributed by atoms with Gasteiger partial charge in [-0.3, -0.25) is 14.5 Å². The topological polar surface area (TPSA) is 37.4 Å². The van der Waals surface area contributed by atoms with Gasteiger partial charge in [0.25, 0.3) is 11.7 Å². The van der Waals surface area contributed by atoms with Gasteiger partial charge in [-0.05, 0) is 24.6 Å². The maximum Gasteiger partial charge on any atom is 0.406 e. The van der Waals surface area contributed by atoms with Crippen molar-refractivity contribution in [2.75, 3.05) is 11.4 Å². The number of alkyl halides is 3. The highest BCUT2D eigenvalue weighted by Crippen LogP contribution is 2.34. The lowest BCUT2D eigenvalue weighted by Crippen LogP contribution is -2.38. The molecular formula is C11H7F4NO2. The molecule has 0 atom stereocenters. The SMILES string of the molecule is Cc1cc(F)c2c(c1)C(=O)C(=O)N2CC(F)(F)F. The second-order valence-electron chi connectivity index (χ2n) is 3.98. The number of nitrogens with zero attached hydrogens (tertiary/aromatic N) is 1. The van der Waals surface area contributed by atoms with Gasteiger partial charge >= 0.3 is 6.18 Å². The number of anilines is 1. The summed E-state index contributed by atoms with van der Waals surface area (Å²) in [4.78, 5) is 23.0. The van der Waals surface area contributed by atoms with Crippen LogP contribution in [0, 0.1) is 12.7 Å². The van der Waals surface area contributed by atoms with E-state index < -0.39 is 35.9 Å². The van der Waals surface area contributed by atoms with Gasteiger partial charge in [-0.1, -0.05) is 0 Å². The average Bonchev–Trinajstić information content (AvgIpc) is 2.42. The highest BCUT2D eigenvalue weighted by Gasteiger charge is 2.43. The van der Waals surface area contributed by atoms with Gasteiger partial charge < -0.3 is 0 Å². The van der Waals surface area contributed by atoms with E-state index >= 15 is 0 Å². The van der Waals surface area contributed by atoms with Crippen molar-refractivity contribution in [1.82, 2.24) is 0 Å². The van der Waals surface area contributed by atoms with Gasteiger partial charge in [0.15, 0.2) is 0 Å². The second kappa shape index (κ2) is 3.79. The van der Waals surface area contributed by atoms with Gasteiger partial charge in [0.05, 0.1) is 11.3 Å². The lowest BCUT2D eigenvalue weighted by atomic mass is 10.1. The molecule has 2 rings (SSSR count). The molecule has 96 valence electrons. The van der Waals surface area contributed by atoms with Crippen LogP contribution in [0.5, 0.6) is 0 Å². The van der Waals surface area contributed by atoms with Gasteiger partial charge in [-0.25, -0.2) is 4.39 Å². The van der Waals surface area contributed by atoms with E-state index in [0.29, 0.717) is 5.56 Å². The molecular weight excluding hydrogens is 254 g/mol. The Morgan fingerprint density at radius 2 is 1.83 bits per heavy atom. The summed E-state index contributed by atoms with van der Waals surface area (Å²) in [5, 5.41) is 0. The molecule has 0 radical (unpaired) electrons. The van der Waals surface area contributed by atoms with Crippen LogP contribution in [-0.2, 0) is 4.79 Å². The molecule has 0 bridgehead atoms. The molecule has 18 heavy (non-hydrogen) atoms. The summed E-state index contributed by atoms with van der Waals surface area (Å²) in [6.45, 7) is -0.196. The third-order valence-corrected chi connectivity index (χ3v) is 2.50. The van der Waals surface area contributed by atoms with Gasteiger partial charge in [-0.15, -0.1) is 0 Å². The van der Waals surface area contributed by atoms with Crippen LogP contribution in [0.4, 0.5) is 23.2 Å². The van der Waals surface area contributed by atoms with Crippen LogP contribution in [0.1, 0.15) is 15.9 Å². The standard InChI is InChI=1S/C11H7F4NO2/c1-5-2-6-8(7(12)3-5)16(4-11(13,14)15)10(18)9(6)17/h2-3H,4H2,1H3. The van der Waals surface area contributed by atoms with E-state index in [9.17, 15) is 27.2 Å². The molecule has 1 aromatic carbocycles. The van der Waals surface area contributed by atoms with Crippen molar-refractivity contribution in [2.24, 2.45) is 0 Å². The number of rotatable bonds is 1. The Balaban J connectivity index is 2.55. The van der Waals surface area contributed by atoms with Gasteiger partial charge in [0, 0.05) is 0 Å². The number of aryl methyl sites for hydroxylation is 1. The highest BCUT2D eigenvalue weighted by atomic mass is 19.4. The number of ketones is 1. The third-order valence-electron chi connectivity index (χ3n) is 2.50. The zero-order valence-corrected chi connectivity index (χ0v) is 9.14. The molecule has 0 spiro atoms. The fourth-order valence-electron chi connectivity index (χ4n) is 1.85. The number of halogens is 4. The second-order valence-corrected chi connectivity index (χ2v) is 3.98. The molecule has 0 saturated heterocycles. The number of carbonyl (C=O) groups excluding carboxylic acids is 2. The molecule has 3 nitrogen and oxygen atoms in total. The van der Waals surface area contributed by atoms with Crippen LogP contribution >= 0.6 is 0 Å². The summed E-state index contributed by atoms with van der Waals surface area (Å²) >= 11 is 0. The summed E-state index contributed by atoms with van der Waals surface area (Å²) in [5.74, 6) is -3.47. The number of fused-ring (bicyclic) bond motifs is 1. The molecule has 0 aliphatic carbocycles. The van der Waals surface area contributed by atoms with E-state index in [0.717, 1.165) is 6.07 Å². The maximum atomic E-state index is 13.6. The first-order valence-electron chi connectivity index (χ1n) is 4.94. The number of amides is 1. The molecule has 1 aliphatic rings. The first kappa shape index (κ1) is 12.5. The van der Waals surface area contributed by atoms with Crippen molar-refractivity contribution in [3.8, 4) is 0 Å². The molecule has 1 aliphatic heterocycles. The Morgan fingerprint density at radius 1 is 1.22 bits per heavy atom. The van der Waals surface area contributed by atoms with Crippen molar-refractivity contribution >= 4 is 17.4 Å². The first-order chi connectivity index (χ1) is 8.20. The Bertz CT molecular complexity index is 551. The Kier molecular flexibility index (Phi) is 2.64. The third kappa shape index (κ3) is 1.96. The number of hydrogen-bond acceptors (Lipinski definition) is 2. The number of hydrogen-bond donors (Lipinski definition) is 0. The van der Waals surface area contributed by atoms with Crippen LogP contribution in [0.3, 0.4) is 0 Å². The zero-order valence-electron chi connectivity index (χ0n) is 9.14. The fraction of sp³-hybridized carbons (Fsp3) is 0.273. The fourth-order valence-corrected chi connectivity index (χ4v) is 1.85. The minimum atomic E-state index is -4.70. The molecule has 1 amide bonds. The number of benzene rings is 1. The van der Waals surface area contributed by atoms with Crippen molar-refractivity contribution in [3.63, 3.8) is 0 Å². The lowest BCUT2D eigenvalue weighted by Gasteiger charge is -2.18. The summed E-state index contributed by atoms with van der Waals surface area (Å²) < 4.78 is 50.5. The van der Waals surface area contributed by atoms with E-state index in [1.54, 1.807) is 0 Å². The molecule has 1 aromatic rings. The van der Waals surface area contributed by atoms with E-state index in [4.69, 9.17) is 0 Å². The molecule has 0 aromatic heterocycles. The Hall–Kier alpha value is -1.92. The van der Waals surface area contributed by atoms with Crippen molar-refractivity contribution in [1.29, 1.82) is 0 Å². The van der Waals surface area contributed by atoms with Gasteiger partial charge in [0.1, 0.15) is 12.4 Å². The molecule has 7 heteroatoms. The summed E-state index contributed by atoms with van der Waals surface area (Å²) in [7, 11) is 0. The molecule has 0 unspecified atom stereocenters. The largest absolute Gasteiger partial charge is 0.406 e. The zero-order chi connectivity index (χ0) is 13.7. The quantitative estimate of drug-likeness (QED) is 0.574. The molecule has 0 N–H and O–H groups in total. The molecule has 0 fully saturated rings. The van der Waals surface area contributed by atoms with Crippen LogP contribution < -0.4 is 4.90 Å². The lowest BCUT2D eigenvalue weighted by molar-refractivity contribution is -0.129. The van der Waals surface area contributed by atoms with E-state index in [1.165, 1.54) is 13.0 Å². The molecule has 0 saturated carbocycles. The van der Waals surface area contributed by atoms with Crippen molar-refractivity contribution in [2.45, 2.75) is 13.1 Å². The summed E-state index contributed by atoms with van der Waals surface area (Å²) in [6.07, 6.45) is -4.70. The minimum Gasteiger partial charge on any atom is -0.293 e. The monoisotopic (exact) mass is 261 g/mol. The van der Waals surface area contributed by atoms with Crippen LogP contribution in [0.2, 0.25) is 0 Å². The predicted molar refractivity (Wildman–Crippen MR) is 53.9 cm³/mol. The van der Waals surface area contributed by atoms with Crippen LogP contribution in [0.25, 0.3) is 0 Å². The Labute approximate surface area is 99.0 Å². The van der Waals surface area contributed by atoms with Gasteiger partial charge in [0.2, 0.25) is 0 Å². The van der Waals surface area contributed by atoms with Gasteiger partial charge in [-0.2, -0.15) is 13.2 Å². The number of carbonyl (C=O) groups is 2. The first-order valence-corrected chi connectivity index (χ1v) is 4.94.